The Kier molecular flexibility index (Phi) is 4.72. The molecule has 6 heteroatoms. The smallest absolute Gasteiger partial charge is 0.409 e. The standard InChI is InChI=1S/C19H19F2NO3/c1-22(11-19(20,21)12-23)18(24)25-10-17-15-8-4-2-6-13(15)14-7-3-5-9-16(14)17/h2-9,17,23H,10-12H2,1H3. The lowest BCUT2D eigenvalue weighted by Gasteiger charge is -2.23. The molecule has 3 rings (SSSR count). The molecular formula is C19H19F2NO3. The van der Waals surface area contributed by atoms with Crippen LogP contribution in [0.3, 0.4) is 0 Å². The Morgan fingerprint density at radius 2 is 1.64 bits per heavy atom. The zero-order valence-electron chi connectivity index (χ0n) is 13.8. The number of rotatable bonds is 5. The Balaban J connectivity index is 1.72. The summed E-state index contributed by atoms with van der Waals surface area (Å²) in [5, 5.41) is 8.62. The maximum absolute atomic E-state index is 13.2. The van der Waals surface area contributed by atoms with Crippen molar-refractivity contribution in [1.82, 2.24) is 4.90 Å². The molecule has 0 heterocycles. The molecule has 2 aromatic rings. The van der Waals surface area contributed by atoms with E-state index in [1.807, 2.05) is 48.5 Å². The van der Waals surface area contributed by atoms with E-state index in [9.17, 15) is 13.6 Å². The molecule has 0 saturated carbocycles. The van der Waals surface area contributed by atoms with Crippen molar-refractivity contribution in [3.8, 4) is 11.1 Å². The van der Waals surface area contributed by atoms with E-state index in [0.29, 0.717) is 0 Å². The van der Waals surface area contributed by atoms with Crippen LogP contribution in [-0.4, -0.2) is 48.8 Å². The van der Waals surface area contributed by atoms with Crippen LogP contribution < -0.4 is 0 Å². The maximum atomic E-state index is 13.2. The van der Waals surface area contributed by atoms with Crippen LogP contribution in [0.5, 0.6) is 0 Å². The van der Waals surface area contributed by atoms with Crippen molar-refractivity contribution in [1.29, 1.82) is 0 Å². The third-order valence-electron chi connectivity index (χ3n) is 4.35. The highest BCUT2D eigenvalue weighted by atomic mass is 19.3. The number of hydrogen-bond acceptors (Lipinski definition) is 3. The number of carbonyl (C=O) groups excluding carboxylic acids is 1. The molecule has 0 spiro atoms. The molecule has 25 heavy (non-hydrogen) atoms. The molecule has 0 fully saturated rings. The van der Waals surface area contributed by atoms with E-state index in [1.54, 1.807) is 0 Å². The van der Waals surface area contributed by atoms with E-state index < -0.39 is 25.2 Å². The van der Waals surface area contributed by atoms with Crippen molar-refractivity contribution in [2.75, 3.05) is 26.8 Å². The Labute approximate surface area is 144 Å². The average molecular weight is 347 g/mol. The molecule has 0 unspecified atom stereocenters. The van der Waals surface area contributed by atoms with Crippen molar-refractivity contribution in [2.24, 2.45) is 0 Å². The molecule has 0 saturated heterocycles. The Morgan fingerprint density at radius 1 is 1.12 bits per heavy atom. The lowest BCUT2D eigenvalue weighted by molar-refractivity contribution is -0.0668. The molecule has 0 radical (unpaired) electrons. The second-order valence-electron chi connectivity index (χ2n) is 6.17. The third-order valence-corrected chi connectivity index (χ3v) is 4.35. The minimum absolute atomic E-state index is 0.0713. The molecule has 1 N–H and O–H groups in total. The molecule has 0 aliphatic heterocycles. The highest BCUT2D eigenvalue weighted by Gasteiger charge is 2.33. The molecule has 1 aliphatic carbocycles. The van der Waals surface area contributed by atoms with Crippen LogP contribution in [0.1, 0.15) is 17.0 Å². The first-order valence-electron chi connectivity index (χ1n) is 7.98. The van der Waals surface area contributed by atoms with Crippen LogP contribution in [-0.2, 0) is 4.74 Å². The van der Waals surface area contributed by atoms with Gasteiger partial charge in [-0.05, 0) is 22.3 Å². The normalized spacial score (nSPS) is 13.3. The van der Waals surface area contributed by atoms with Gasteiger partial charge in [0.05, 0.1) is 6.54 Å². The zero-order chi connectivity index (χ0) is 18.0. The fourth-order valence-electron chi connectivity index (χ4n) is 3.17. The number of alkyl halides is 2. The number of ether oxygens (including phenoxy) is 1. The monoisotopic (exact) mass is 347 g/mol. The van der Waals surface area contributed by atoms with Crippen molar-refractivity contribution in [3.63, 3.8) is 0 Å². The summed E-state index contributed by atoms with van der Waals surface area (Å²) in [5.41, 5.74) is 4.30. The zero-order valence-corrected chi connectivity index (χ0v) is 13.8. The van der Waals surface area contributed by atoms with Gasteiger partial charge >= 0.3 is 6.09 Å². The van der Waals surface area contributed by atoms with Gasteiger partial charge in [0.15, 0.2) is 0 Å². The van der Waals surface area contributed by atoms with Gasteiger partial charge in [-0.2, -0.15) is 0 Å². The van der Waals surface area contributed by atoms with Crippen LogP contribution in [0.25, 0.3) is 11.1 Å². The number of benzene rings is 2. The van der Waals surface area contributed by atoms with Gasteiger partial charge < -0.3 is 14.7 Å². The van der Waals surface area contributed by atoms with Gasteiger partial charge in [0, 0.05) is 13.0 Å². The van der Waals surface area contributed by atoms with Gasteiger partial charge in [-0.25, -0.2) is 13.6 Å². The number of aliphatic hydroxyl groups is 1. The first-order chi connectivity index (χ1) is 11.9. The minimum Gasteiger partial charge on any atom is -0.448 e. The highest BCUT2D eigenvalue weighted by molar-refractivity contribution is 5.79. The summed E-state index contributed by atoms with van der Waals surface area (Å²) in [6, 6.07) is 15.8. The summed E-state index contributed by atoms with van der Waals surface area (Å²) in [6.45, 7) is -2.13. The van der Waals surface area contributed by atoms with E-state index >= 15 is 0 Å². The number of fused-ring (bicyclic) bond motifs is 3. The minimum atomic E-state index is -3.35. The van der Waals surface area contributed by atoms with E-state index in [1.165, 1.54) is 7.05 Å². The molecule has 132 valence electrons. The lowest BCUT2D eigenvalue weighted by Crippen LogP contribution is -2.40. The Bertz CT molecular complexity index is 733. The van der Waals surface area contributed by atoms with Crippen LogP contribution >= 0.6 is 0 Å². The highest BCUT2D eigenvalue weighted by Crippen LogP contribution is 2.44. The molecule has 0 atom stereocenters. The SMILES string of the molecule is CN(CC(F)(F)CO)C(=O)OCC1c2ccccc2-c2ccccc21. The van der Waals surface area contributed by atoms with Crippen LogP contribution in [0.4, 0.5) is 13.6 Å². The second kappa shape index (κ2) is 6.80. The summed E-state index contributed by atoms with van der Waals surface area (Å²) in [5.74, 6) is -3.47. The predicted molar refractivity (Wildman–Crippen MR) is 89.7 cm³/mol. The molecule has 2 aromatic carbocycles. The van der Waals surface area contributed by atoms with Crippen LogP contribution in [0, 0.1) is 0 Å². The average Bonchev–Trinajstić information content (AvgIpc) is 2.93. The number of amides is 1. The fraction of sp³-hybridized carbons (Fsp3) is 0.316. The van der Waals surface area contributed by atoms with E-state index in [2.05, 4.69) is 0 Å². The Hall–Kier alpha value is -2.47. The number of halogens is 2. The maximum Gasteiger partial charge on any atom is 0.409 e. The molecule has 0 aromatic heterocycles. The summed E-state index contributed by atoms with van der Waals surface area (Å²) >= 11 is 0. The predicted octanol–water partition coefficient (Wildman–Crippen LogP) is 3.49. The number of nitrogens with zero attached hydrogens (tertiary/aromatic N) is 1. The van der Waals surface area contributed by atoms with Gasteiger partial charge in [0.2, 0.25) is 0 Å². The summed E-state index contributed by atoms with van der Waals surface area (Å²) in [7, 11) is 1.22. The van der Waals surface area contributed by atoms with E-state index in [0.717, 1.165) is 27.2 Å². The number of aliphatic hydroxyl groups excluding tert-OH is 1. The van der Waals surface area contributed by atoms with Gasteiger partial charge in [0.1, 0.15) is 13.2 Å². The van der Waals surface area contributed by atoms with Crippen LogP contribution in [0.2, 0.25) is 0 Å². The topological polar surface area (TPSA) is 49.8 Å². The van der Waals surface area contributed by atoms with Crippen molar-refractivity contribution in [2.45, 2.75) is 11.8 Å². The van der Waals surface area contributed by atoms with E-state index in [4.69, 9.17) is 9.84 Å². The third kappa shape index (κ3) is 3.49. The summed E-state index contributed by atoms with van der Waals surface area (Å²) in [4.78, 5) is 12.8. The molecule has 1 amide bonds. The number of hydrogen-bond donors (Lipinski definition) is 1. The lowest BCUT2D eigenvalue weighted by atomic mass is 9.98. The molecule has 0 bridgehead atoms. The quantitative estimate of drug-likeness (QED) is 0.901. The fourth-order valence-corrected chi connectivity index (χ4v) is 3.17. The van der Waals surface area contributed by atoms with Gasteiger partial charge in [-0.1, -0.05) is 48.5 Å². The largest absolute Gasteiger partial charge is 0.448 e. The molecule has 4 nitrogen and oxygen atoms in total. The summed E-state index contributed by atoms with van der Waals surface area (Å²) in [6.07, 6.45) is -0.838. The first-order valence-corrected chi connectivity index (χ1v) is 7.98. The van der Waals surface area contributed by atoms with Crippen molar-refractivity contribution in [3.05, 3.63) is 59.7 Å². The van der Waals surface area contributed by atoms with Crippen LogP contribution in [0.15, 0.2) is 48.5 Å². The van der Waals surface area contributed by atoms with E-state index in [-0.39, 0.29) is 12.5 Å². The van der Waals surface area contributed by atoms with Crippen molar-refractivity contribution >= 4 is 6.09 Å². The van der Waals surface area contributed by atoms with Gasteiger partial charge in [-0.3, -0.25) is 0 Å². The molecule has 1 aliphatic rings. The second-order valence-corrected chi connectivity index (χ2v) is 6.17. The van der Waals surface area contributed by atoms with Gasteiger partial charge in [-0.15, -0.1) is 0 Å². The van der Waals surface area contributed by atoms with Gasteiger partial charge in [0.25, 0.3) is 5.92 Å². The summed E-state index contributed by atoms with van der Waals surface area (Å²) < 4.78 is 31.7. The molecular weight excluding hydrogens is 328 g/mol. The van der Waals surface area contributed by atoms with Crippen molar-refractivity contribution < 1.29 is 23.4 Å². The first kappa shape index (κ1) is 17.4. The number of carbonyl (C=O) groups is 1. The Morgan fingerprint density at radius 3 is 2.16 bits per heavy atom.